The molecule has 0 aliphatic heterocycles. The van der Waals surface area contributed by atoms with Gasteiger partial charge in [-0.1, -0.05) is 20.3 Å². The van der Waals surface area contributed by atoms with Crippen molar-refractivity contribution in [3.05, 3.63) is 29.3 Å². The lowest BCUT2D eigenvalue weighted by atomic mass is 10.1. The lowest BCUT2D eigenvalue weighted by molar-refractivity contribution is 0.235. The average Bonchev–Trinajstić information content (AvgIpc) is 2.26. The van der Waals surface area contributed by atoms with Gasteiger partial charge >= 0.3 is 0 Å². The maximum atomic E-state index is 13.7. The van der Waals surface area contributed by atoms with Gasteiger partial charge in [0.1, 0.15) is 0 Å². The van der Waals surface area contributed by atoms with E-state index in [9.17, 15) is 8.78 Å². The van der Waals surface area contributed by atoms with Crippen LogP contribution in [-0.2, 0) is 6.42 Å². The Bertz CT molecular complexity index is 370. The zero-order valence-corrected chi connectivity index (χ0v) is 11.2. The molecule has 1 aromatic carbocycles. The monoisotopic (exact) mass is 257 g/mol. The molecule has 0 bridgehead atoms. The van der Waals surface area contributed by atoms with E-state index in [4.69, 9.17) is 10.5 Å². The van der Waals surface area contributed by atoms with Crippen LogP contribution in [0, 0.1) is 17.6 Å². The van der Waals surface area contributed by atoms with Gasteiger partial charge in [-0.3, -0.25) is 0 Å². The van der Waals surface area contributed by atoms with Crippen LogP contribution in [0.3, 0.4) is 0 Å². The summed E-state index contributed by atoms with van der Waals surface area (Å²) in [6.45, 7) is 6.09. The Morgan fingerprint density at radius 2 is 1.78 bits per heavy atom. The van der Waals surface area contributed by atoms with Crippen LogP contribution in [0.4, 0.5) is 8.78 Å². The largest absolute Gasteiger partial charge is 0.487 e. The normalized spacial score (nSPS) is 14.3. The summed E-state index contributed by atoms with van der Waals surface area (Å²) in [4.78, 5) is 0. The van der Waals surface area contributed by atoms with E-state index in [0.29, 0.717) is 18.6 Å². The maximum Gasteiger partial charge on any atom is 0.190 e. The Balaban J connectivity index is 2.81. The van der Waals surface area contributed by atoms with Crippen molar-refractivity contribution in [2.75, 3.05) is 6.61 Å². The molecule has 2 N–H and O–H groups in total. The number of hydrogen-bond acceptors (Lipinski definition) is 2. The van der Waals surface area contributed by atoms with Crippen molar-refractivity contribution >= 4 is 0 Å². The van der Waals surface area contributed by atoms with Gasteiger partial charge in [-0.25, -0.2) is 8.78 Å². The van der Waals surface area contributed by atoms with Crippen LogP contribution in [0.1, 0.15) is 32.8 Å². The molecule has 0 aromatic heterocycles. The predicted octanol–water partition coefficient (Wildman–Crippen LogP) is 3.28. The van der Waals surface area contributed by atoms with Gasteiger partial charge in [-0.2, -0.15) is 0 Å². The fourth-order valence-corrected chi connectivity index (χ4v) is 1.58. The van der Waals surface area contributed by atoms with Gasteiger partial charge in [0.15, 0.2) is 17.4 Å². The van der Waals surface area contributed by atoms with Crippen molar-refractivity contribution < 1.29 is 13.5 Å². The maximum absolute atomic E-state index is 13.7. The van der Waals surface area contributed by atoms with E-state index in [1.165, 1.54) is 12.1 Å². The molecule has 0 saturated carbocycles. The quantitative estimate of drug-likeness (QED) is 0.848. The van der Waals surface area contributed by atoms with Crippen molar-refractivity contribution in [1.29, 1.82) is 0 Å². The van der Waals surface area contributed by atoms with Crippen molar-refractivity contribution in [3.63, 3.8) is 0 Å². The molecule has 2 unspecified atom stereocenters. The molecule has 2 nitrogen and oxygen atoms in total. The molecule has 0 amide bonds. The zero-order valence-electron chi connectivity index (χ0n) is 11.2. The van der Waals surface area contributed by atoms with Gasteiger partial charge in [0.25, 0.3) is 0 Å². The van der Waals surface area contributed by atoms with Gasteiger partial charge in [0, 0.05) is 6.04 Å². The summed E-state index contributed by atoms with van der Waals surface area (Å²) in [5.74, 6) is -1.33. The summed E-state index contributed by atoms with van der Waals surface area (Å²) in [6.07, 6.45) is 1.35. The minimum atomic E-state index is -0.658. The van der Waals surface area contributed by atoms with Crippen molar-refractivity contribution in [3.8, 4) is 5.75 Å². The Labute approximate surface area is 107 Å². The highest BCUT2D eigenvalue weighted by Crippen LogP contribution is 2.24. The van der Waals surface area contributed by atoms with Gasteiger partial charge in [0.05, 0.1) is 6.61 Å². The summed E-state index contributed by atoms with van der Waals surface area (Å²) >= 11 is 0. The Morgan fingerprint density at radius 1 is 1.22 bits per heavy atom. The van der Waals surface area contributed by atoms with Gasteiger partial charge in [-0.15, -0.1) is 0 Å². The number of hydrogen-bond donors (Lipinski definition) is 1. The highest BCUT2D eigenvalue weighted by atomic mass is 19.1. The van der Waals surface area contributed by atoms with Crippen molar-refractivity contribution in [1.82, 2.24) is 0 Å². The van der Waals surface area contributed by atoms with Crippen LogP contribution in [0.2, 0.25) is 0 Å². The van der Waals surface area contributed by atoms with Crippen LogP contribution in [0.15, 0.2) is 12.1 Å². The van der Waals surface area contributed by atoms with E-state index in [1.807, 2.05) is 13.8 Å². The fraction of sp³-hybridized carbons (Fsp3) is 0.571. The Kier molecular flexibility index (Phi) is 5.54. The molecule has 0 radical (unpaired) electrons. The predicted molar refractivity (Wildman–Crippen MR) is 68.7 cm³/mol. The van der Waals surface area contributed by atoms with E-state index in [-0.39, 0.29) is 17.7 Å². The minimum absolute atomic E-state index is 0.129. The molecule has 0 aliphatic carbocycles. The van der Waals surface area contributed by atoms with E-state index < -0.39 is 11.6 Å². The van der Waals surface area contributed by atoms with E-state index in [2.05, 4.69) is 0 Å². The summed E-state index contributed by atoms with van der Waals surface area (Å²) in [5.41, 5.74) is 6.15. The third kappa shape index (κ3) is 4.26. The number of ether oxygens (including phenoxy) is 1. The number of nitrogens with two attached hydrogens (primary N) is 1. The molecule has 4 heteroatoms. The molecule has 0 heterocycles. The van der Waals surface area contributed by atoms with Crippen LogP contribution >= 0.6 is 0 Å². The van der Waals surface area contributed by atoms with Crippen LogP contribution in [-0.4, -0.2) is 12.6 Å². The third-order valence-electron chi connectivity index (χ3n) is 2.82. The smallest absolute Gasteiger partial charge is 0.190 e. The number of rotatable bonds is 6. The fourth-order valence-electron chi connectivity index (χ4n) is 1.58. The first-order valence-electron chi connectivity index (χ1n) is 6.30. The van der Waals surface area contributed by atoms with Gasteiger partial charge in [-0.05, 0) is 37.0 Å². The molecular formula is C14H21F2NO. The Hall–Kier alpha value is -1.16. The second-order valence-electron chi connectivity index (χ2n) is 4.89. The molecule has 1 aromatic rings. The molecular weight excluding hydrogens is 236 g/mol. The SMILES string of the molecule is CCC(C)COc1c(F)cc(CC(C)N)cc1F. The molecule has 18 heavy (non-hydrogen) atoms. The third-order valence-corrected chi connectivity index (χ3v) is 2.82. The lowest BCUT2D eigenvalue weighted by Gasteiger charge is -2.13. The molecule has 0 saturated heterocycles. The van der Waals surface area contributed by atoms with E-state index >= 15 is 0 Å². The first-order valence-corrected chi connectivity index (χ1v) is 6.30. The van der Waals surface area contributed by atoms with Crippen LogP contribution in [0.5, 0.6) is 5.75 Å². The standard InChI is InChI=1S/C14H21F2NO/c1-4-9(2)8-18-14-12(15)6-11(5-10(3)17)7-13(14)16/h6-7,9-10H,4-5,8,17H2,1-3H3. The summed E-state index contributed by atoms with van der Waals surface area (Å²) < 4.78 is 32.6. The topological polar surface area (TPSA) is 35.2 Å². The van der Waals surface area contributed by atoms with Crippen LogP contribution < -0.4 is 10.5 Å². The highest BCUT2D eigenvalue weighted by Gasteiger charge is 2.14. The summed E-state index contributed by atoms with van der Waals surface area (Å²) in [7, 11) is 0. The molecule has 0 aliphatic rings. The van der Waals surface area contributed by atoms with Crippen molar-refractivity contribution in [2.24, 2.45) is 11.7 Å². The molecule has 0 spiro atoms. The van der Waals surface area contributed by atoms with E-state index in [0.717, 1.165) is 6.42 Å². The molecule has 2 atom stereocenters. The zero-order chi connectivity index (χ0) is 13.7. The highest BCUT2D eigenvalue weighted by molar-refractivity contribution is 5.31. The Morgan fingerprint density at radius 3 is 2.22 bits per heavy atom. The summed E-state index contributed by atoms with van der Waals surface area (Å²) in [5, 5.41) is 0. The first kappa shape index (κ1) is 14.9. The summed E-state index contributed by atoms with van der Waals surface area (Å²) in [6, 6.07) is 2.45. The molecule has 0 fully saturated rings. The lowest BCUT2D eigenvalue weighted by Crippen LogP contribution is -2.18. The second-order valence-corrected chi connectivity index (χ2v) is 4.89. The average molecular weight is 257 g/mol. The van der Waals surface area contributed by atoms with Crippen LogP contribution in [0.25, 0.3) is 0 Å². The van der Waals surface area contributed by atoms with Gasteiger partial charge in [0.2, 0.25) is 0 Å². The molecule has 102 valence electrons. The van der Waals surface area contributed by atoms with Gasteiger partial charge < -0.3 is 10.5 Å². The number of halogens is 2. The number of benzene rings is 1. The van der Waals surface area contributed by atoms with Crippen molar-refractivity contribution in [2.45, 2.75) is 39.7 Å². The minimum Gasteiger partial charge on any atom is -0.487 e. The first-order chi connectivity index (χ1) is 8.43. The second kappa shape index (κ2) is 6.69. The van der Waals surface area contributed by atoms with E-state index in [1.54, 1.807) is 6.92 Å². The molecule has 1 rings (SSSR count).